The Kier molecular flexibility index (Phi) is 43.7. The van der Waals surface area contributed by atoms with E-state index >= 15 is 4.79 Å². The van der Waals surface area contributed by atoms with Gasteiger partial charge in [0.25, 0.3) is 0 Å². The number of carboxylic acids is 3. The fourth-order valence-corrected chi connectivity index (χ4v) is 17.9. The number of aliphatic carboxylic acids is 3. The van der Waals surface area contributed by atoms with E-state index in [0.29, 0.717) is 56.2 Å². The number of fused-ring (bicyclic) bond motifs is 2. The van der Waals surface area contributed by atoms with Crippen LogP contribution in [0.15, 0.2) is 24.3 Å². The number of hydrogen-bond donors (Lipinski definition) is 12. The predicted octanol–water partition coefficient (Wildman–Crippen LogP) is 6.04. The molecular weight excluding hydrogens is 1530 g/mol. The van der Waals surface area contributed by atoms with Gasteiger partial charge in [0.1, 0.15) is 18.1 Å². The third kappa shape index (κ3) is 34.4. The van der Waals surface area contributed by atoms with E-state index < -0.39 is 230 Å². The van der Waals surface area contributed by atoms with Crippen LogP contribution in [0.1, 0.15) is 257 Å². The van der Waals surface area contributed by atoms with Crippen molar-refractivity contribution >= 4 is 124 Å². The second-order valence-corrected chi connectivity index (χ2v) is 33.9. The van der Waals surface area contributed by atoms with Gasteiger partial charge in [0.2, 0.25) is 59.1 Å². The number of aliphatic hydroxyl groups is 1. The number of likely N-dealkylation sites (tertiary alicyclic amines) is 1. The number of nitrogens with one attached hydrogen (secondary N) is 6. The quantitative estimate of drug-likeness (QED) is 0.0333. The molecule has 3 heterocycles. The number of nitrogens with zero attached hydrogens (tertiary/aromatic N) is 2. The Morgan fingerprint density at radius 3 is 1.77 bits per heavy atom. The first-order valence-electron chi connectivity index (χ1n) is 41.4. The normalized spacial score (nSPS) is 23.6. The molecule has 1 aliphatic carbocycles. The highest BCUT2D eigenvalue weighted by Gasteiger charge is 2.44. The maximum absolute atomic E-state index is 15.2. The average molecular weight is 1650 g/mol. The molecule has 2 saturated heterocycles. The first kappa shape index (κ1) is 97.2. The minimum atomic E-state index is -1.92. The number of benzene rings is 1. The monoisotopic (exact) mass is 1650 g/mol. The first-order chi connectivity index (χ1) is 54.8. The van der Waals surface area contributed by atoms with E-state index in [-0.39, 0.29) is 79.9 Å². The molecule has 1 aromatic rings. The van der Waals surface area contributed by atoms with Crippen LogP contribution in [0.2, 0.25) is 0 Å². The van der Waals surface area contributed by atoms with Gasteiger partial charge in [0.05, 0.1) is 55.1 Å². The van der Waals surface area contributed by atoms with Gasteiger partial charge >= 0.3 is 17.9 Å². The topological polar surface area (TPSA) is 502 Å². The number of primary amides is 2. The summed E-state index contributed by atoms with van der Waals surface area (Å²) in [6.45, 7) is 6.15. The molecule has 642 valence electrons. The van der Waals surface area contributed by atoms with E-state index in [9.17, 15) is 97.1 Å². The van der Waals surface area contributed by atoms with E-state index in [1.807, 2.05) is 13.8 Å². The van der Waals surface area contributed by atoms with Gasteiger partial charge in [-0.25, -0.2) is 0 Å². The molecule has 0 aromatic heterocycles. The van der Waals surface area contributed by atoms with Gasteiger partial charge in [0, 0.05) is 98.8 Å². The zero-order valence-corrected chi connectivity index (χ0v) is 69.1. The zero-order valence-electron chi connectivity index (χ0n) is 67.5. The maximum atomic E-state index is 15.2. The number of Topliss-reactive ketones (excluding diaryl/α,β-unsaturated/α-hetero) is 4. The summed E-state index contributed by atoms with van der Waals surface area (Å²) in [7, 11) is 0. The van der Waals surface area contributed by atoms with Crippen molar-refractivity contribution in [1.82, 2.24) is 41.7 Å². The third-order valence-corrected chi connectivity index (χ3v) is 24.3. The molecule has 5 rings (SSSR count). The molecule has 0 bridgehead atoms. The Bertz CT molecular complexity index is 3490. The Hall–Kier alpha value is -8.33. The number of ketones is 4. The minimum absolute atomic E-state index is 0.0758. The molecule has 1 saturated carbocycles. The van der Waals surface area contributed by atoms with Gasteiger partial charge in [-0.2, -0.15) is 23.5 Å². The number of amides is 10. The van der Waals surface area contributed by atoms with E-state index in [1.54, 1.807) is 29.2 Å². The average Bonchev–Trinajstić information content (AvgIpc) is 1.73. The fourth-order valence-electron chi connectivity index (χ4n) is 15.6. The summed E-state index contributed by atoms with van der Waals surface area (Å²) in [6.07, 6.45) is 11.9. The molecular formula is C82H126N10O21S2. The highest BCUT2D eigenvalue weighted by molar-refractivity contribution is 7.98. The summed E-state index contributed by atoms with van der Waals surface area (Å²) in [4.78, 5) is 238. The fraction of sp³-hybridized carbons (Fsp3) is 0.720. The van der Waals surface area contributed by atoms with Crippen molar-refractivity contribution < 1.29 is 102 Å². The summed E-state index contributed by atoms with van der Waals surface area (Å²) >= 11 is 2.32. The smallest absolute Gasteiger partial charge is 0.304 e. The lowest BCUT2D eigenvalue weighted by Crippen LogP contribution is -2.59. The molecule has 4 aliphatic rings. The van der Waals surface area contributed by atoms with Crippen molar-refractivity contribution in [3.63, 3.8) is 0 Å². The lowest BCUT2D eigenvalue weighted by atomic mass is 9.85. The van der Waals surface area contributed by atoms with Crippen molar-refractivity contribution in [2.45, 2.75) is 306 Å². The van der Waals surface area contributed by atoms with Crippen LogP contribution in [-0.2, 0) is 93.0 Å². The number of rotatable bonds is 40. The molecule has 3 aliphatic heterocycles. The van der Waals surface area contributed by atoms with Crippen LogP contribution < -0.4 is 43.4 Å². The molecule has 13 atom stereocenters. The largest absolute Gasteiger partial charge is 0.481 e. The van der Waals surface area contributed by atoms with Gasteiger partial charge in [-0.15, -0.1) is 0 Å². The number of nitrogens with two attached hydrogens (primary N) is 2. The van der Waals surface area contributed by atoms with Gasteiger partial charge in [-0.05, 0) is 94.6 Å². The number of hydrogen-bond acceptors (Lipinski definition) is 20. The predicted molar refractivity (Wildman–Crippen MR) is 430 cm³/mol. The summed E-state index contributed by atoms with van der Waals surface area (Å²) < 4.78 is 0. The molecule has 31 nitrogen and oxygen atoms in total. The number of thioether (sulfide) groups is 2. The standard InChI is InChI=1S/C82H126N10O21S2/c1-5-6-7-8-9-10-11-12-13-14-15-16-17-18-19-31-70(99)91-38-23-29-63(91)67(96)41-52(32-35-68(83)97)77(108)89-62-49-115-47-54-26-21-20-25-53(54)46-114-48-56(78(109)88-61(40-50(2)3)75(106)57-27-22-28-58(57)76(84)107)43-65(94)59(33-36-71(100)101)86-69(98)45-85-81(112)74(51(4)93)90-79(110)60(34-37-72(102)103)87-80(111)64-30-24-39-92(64)82(113)55(42-66(62)95)44-73(104)105/h20-21,25-26,50-52,55-64,74,93H,5-19,22-24,27-49H2,1-4H3,(H2,83,97)(H2,84,107)(H,85,112)(H,86,98)(H,87,111)(H,88,109)(H,89,108)(H,90,110)(H,100,101)(H,102,103)(H,104,105)/t51-,52-,55+,56+,57?,58-,59+,60+,61+,62+,63+,64+,74+/m1/s1. The molecule has 0 radical (unpaired) electrons. The Balaban J connectivity index is 1.50. The Morgan fingerprint density at radius 1 is 0.617 bits per heavy atom. The van der Waals surface area contributed by atoms with Crippen molar-refractivity contribution in [2.75, 3.05) is 31.1 Å². The first-order valence-corrected chi connectivity index (χ1v) is 43.7. The van der Waals surface area contributed by atoms with Crippen molar-refractivity contribution in [3.05, 3.63) is 35.4 Å². The summed E-state index contributed by atoms with van der Waals surface area (Å²) in [6, 6.07) is -3.32. The van der Waals surface area contributed by atoms with Gasteiger partial charge < -0.3 is 73.6 Å². The van der Waals surface area contributed by atoms with Crippen molar-refractivity contribution in [3.8, 4) is 0 Å². The molecule has 10 amide bonds. The Morgan fingerprint density at radius 2 is 1.20 bits per heavy atom. The van der Waals surface area contributed by atoms with Gasteiger partial charge in [0.15, 0.2) is 23.1 Å². The van der Waals surface area contributed by atoms with E-state index in [1.165, 1.54) is 76.0 Å². The molecule has 0 spiro atoms. The van der Waals surface area contributed by atoms with E-state index in [2.05, 4.69) is 38.8 Å². The van der Waals surface area contributed by atoms with Crippen LogP contribution in [0.4, 0.5) is 0 Å². The number of carbonyl (C=O) groups excluding carboxylic acids is 14. The molecule has 3 fully saturated rings. The number of carbonyl (C=O) groups is 17. The third-order valence-electron chi connectivity index (χ3n) is 22.1. The number of carboxylic acid groups (broad SMARTS) is 3. The summed E-state index contributed by atoms with van der Waals surface area (Å²) in [5.41, 5.74) is 12.7. The van der Waals surface area contributed by atoms with Crippen LogP contribution in [-0.4, -0.2) is 210 Å². The maximum Gasteiger partial charge on any atom is 0.304 e. The highest BCUT2D eigenvalue weighted by Crippen LogP contribution is 2.35. The summed E-state index contributed by atoms with van der Waals surface area (Å²) in [5, 5.41) is 55.7. The van der Waals surface area contributed by atoms with E-state index in [4.69, 9.17) is 11.5 Å². The van der Waals surface area contributed by atoms with Gasteiger partial charge in [-0.1, -0.05) is 141 Å². The summed E-state index contributed by atoms with van der Waals surface area (Å²) in [5.74, 6) is -21.9. The van der Waals surface area contributed by atoms with E-state index in [0.717, 1.165) is 49.3 Å². The van der Waals surface area contributed by atoms with Crippen LogP contribution in [0.25, 0.3) is 0 Å². The van der Waals surface area contributed by atoms with Crippen LogP contribution in [0, 0.1) is 35.5 Å². The number of unbranched alkanes of at least 4 members (excludes halogenated alkanes) is 14. The van der Waals surface area contributed by atoms with Crippen LogP contribution in [0.5, 0.6) is 0 Å². The highest BCUT2D eigenvalue weighted by atomic mass is 32.2. The van der Waals surface area contributed by atoms with Crippen LogP contribution in [0.3, 0.4) is 0 Å². The molecule has 1 unspecified atom stereocenters. The minimum Gasteiger partial charge on any atom is -0.481 e. The zero-order chi connectivity index (χ0) is 84.7. The van der Waals surface area contributed by atoms with Crippen LogP contribution >= 0.6 is 23.5 Å². The lowest BCUT2D eigenvalue weighted by Gasteiger charge is -2.30. The Labute approximate surface area is 683 Å². The second-order valence-electron chi connectivity index (χ2n) is 31.8. The van der Waals surface area contributed by atoms with Gasteiger partial charge in [-0.3, -0.25) is 81.5 Å². The SMILES string of the molecule is CCCCCCCCCCCCCCCCCC(=O)N1CCC[C@H]1C(=O)C[C@@H](CCC(N)=O)C(=O)N[C@H]1CSCc2ccccc2CSC[C@@H](C(=O)N[C@@H](CC(C)C)C(=O)C2CCC[C@H]2C(N)=O)CC(=O)[C@H](CCC(=O)O)NC(=O)CNC(=O)[C@H]([C@@H](C)O)NC(=O)[C@H](CCC(=O)O)NC(=O)[C@@H]2CCCN2C(=O)[C@H](CC(=O)O)CC1=O. The molecule has 33 heteroatoms. The van der Waals surface area contributed by atoms with Crippen molar-refractivity contribution in [1.29, 1.82) is 0 Å². The second kappa shape index (κ2) is 51.7. The lowest BCUT2D eigenvalue weighted by molar-refractivity contribution is -0.148. The van der Waals surface area contributed by atoms with Crippen molar-refractivity contribution in [2.24, 2.45) is 47.0 Å². The molecule has 115 heavy (non-hydrogen) atoms. The number of aliphatic hydroxyl groups excluding tert-OH is 1. The molecule has 14 N–H and O–H groups in total. The molecule has 1 aromatic carbocycles.